The van der Waals surface area contributed by atoms with E-state index in [1.807, 2.05) is 0 Å². The zero-order valence-corrected chi connectivity index (χ0v) is 13.4. The Labute approximate surface area is 119 Å². The fourth-order valence-corrected chi connectivity index (χ4v) is 4.09. The van der Waals surface area contributed by atoms with Crippen LogP contribution in [0.3, 0.4) is 0 Å². The number of aliphatic hydroxyl groups is 1. The Hall–Kier alpha value is -0.0800. The van der Waals surface area contributed by atoms with Gasteiger partial charge in [-0.05, 0) is 63.3 Å². The molecule has 2 fully saturated rings. The topological polar surface area (TPSA) is 23.5 Å². The Morgan fingerprint density at radius 3 is 2.32 bits per heavy atom. The quantitative estimate of drug-likeness (QED) is 0.840. The highest BCUT2D eigenvalue weighted by molar-refractivity contribution is 4.91. The van der Waals surface area contributed by atoms with E-state index in [1.54, 1.807) is 0 Å². The van der Waals surface area contributed by atoms with Crippen molar-refractivity contribution in [2.45, 2.75) is 90.3 Å². The van der Waals surface area contributed by atoms with Gasteiger partial charge >= 0.3 is 0 Å². The van der Waals surface area contributed by atoms with Crippen molar-refractivity contribution in [1.29, 1.82) is 0 Å². The van der Waals surface area contributed by atoms with Gasteiger partial charge in [0.15, 0.2) is 0 Å². The van der Waals surface area contributed by atoms with Crippen molar-refractivity contribution in [3.8, 4) is 0 Å². The minimum absolute atomic E-state index is 0.0947. The van der Waals surface area contributed by atoms with E-state index in [-0.39, 0.29) is 6.10 Å². The van der Waals surface area contributed by atoms with Crippen molar-refractivity contribution in [2.75, 3.05) is 7.05 Å². The maximum atomic E-state index is 10.3. The molecule has 0 aromatic rings. The normalized spacial score (nSPS) is 36.6. The fraction of sp³-hybridized carbons (Fsp3) is 1.00. The monoisotopic (exact) mass is 267 g/mol. The number of hydrogen-bond donors (Lipinski definition) is 1. The predicted octanol–water partition coefficient (Wildman–Crippen LogP) is 3.83. The van der Waals surface area contributed by atoms with Crippen molar-refractivity contribution in [3.63, 3.8) is 0 Å². The van der Waals surface area contributed by atoms with Gasteiger partial charge < -0.3 is 5.11 Å². The van der Waals surface area contributed by atoms with Gasteiger partial charge in [0.2, 0.25) is 0 Å². The summed E-state index contributed by atoms with van der Waals surface area (Å²) in [5, 5.41) is 10.3. The summed E-state index contributed by atoms with van der Waals surface area (Å²) in [6, 6.07) is 1.10. The van der Waals surface area contributed by atoms with Gasteiger partial charge in [0, 0.05) is 12.1 Å². The lowest BCUT2D eigenvalue weighted by atomic mass is 9.74. The summed E-state index contributed by atoms with van der Waals surface area (Å²) in [7, 11) is 2.26. The molecule has 0 aliphatic heterocycles. The minimum atomic E-state index is -0.0947. The molecule has 2 aliphatic rings. The summed E-state index contributed by atoms with van der Waals surface area (Å²) in [6.45, 7) is 7.08. The largest absolute Gasteiger partial charge is 0.391 e. The van der Waals surface area contributed by atoms with Crippen molar-refractivity contribution >= 4 is 0 Å². The Kier molecular flexibility index (Phi) is 4.94. The molecule has 2 saturated carbocycles. The van der Waals surface area contributed by atoms with E-state index in [4.69, 9.17) is 0 Å². The van der Waals surface area contributed by atoms with Crippen LogP contribution in [0, 0.1) is 11.3 Å². The van der Waals surface area contributed by atoms with Crippen molar-refractivity contribution in [3.05, 3.63) is 0 Å². The maximum Gasteiger partial charge on any atom is 0.0695 e. The molecule has 2 nitrogen and oxygen atoms in total. The molecule has 0 spiro atoms. The fourth-order valence-electron chi connectivity index (χ4n) is 4.09. The number of likely N-dealkylation sites (N-methyl/N-ethyl adjacent to an activating group) is 1. The molecule has 0 saturated heterocycles. The van der Waals surface area contributed by atoms with Crippen LogP contribution in [0.1, 0.15) is 72.1 Å². The Morgan fingerprint density at radius 1 is 1.11 bits per heavy atom. The smallest absolute Gasteiger partial charge is 0.0695 e. The van der Waals surface area contributed by atoms with E-state index in [2.05, 4.69) is 32.7 Å². The van der Waals surface area contributed by atoms with Gasteiger partial charge in [0.1, 0.15) is 0 Å². The van der Waals surface area contributed by atoms with Gasteiger partial charge in [-0.25, -0.2) is 0 Å². The van der Waals surface area contributed by atoms with Crippen LogP contribution in [0.2, 0.25) is 0 Å². The van der Waals surface area contributed by atoms with Crippen LogP contribution in [-0.4, -0.2) is 35.2 Å². The van der Waals surface area contributed by atoms with Gasteiger partial charge in [-0.15, -0.1) is 0 Å². The van der Waals surface area contributed by atoms with Crippen LogP contribution in [0.15, 0.2) is 0 Å². The summed E-state index contributed by atoms with van der Waals surface area (Å²) in [5.41, 5.74) is 0.536. The van der Waals surface area contributed by atoms with E-state index < -0.39 is 0 Å². The maximum absolute atomic E-state index is 10.3. The second-order valence-electron chi connectivity index (χ2n) is 7.78. The van der Waals surface area contributed by atoms with Gasteiger partial charge in [0.05, 0.1) is 6.10 Å². The highest BCUT2D eigenvalue weighted by Crippen LogP contribution is 2.39. The van der Waals surface area contributed by atoms with Crippen LogP contribution in [0.25, 0.3) is 0 Å². The number of hydrogen-bond acceptors (Lipinski definition) is 2. The molecule has 0 amide bonds. The summed E-state index contributed by atoms with van der Waals surface area (Å²) in [4.78, 5) is 2.53. The van der Waals surface area contributed by atoms with E-state index in [9.17, 15) is 5.11 Å². The molecule has 0 heterocycles. The molecule has 3 unspecified atom stereocenters. The lowest BCUT2D eigenvalue weighted by molar-refractivity contribution is -0.0174. The van der Waals surface area contributed by atoms with Gasteiger partial charge in [0.25, 0.3) is 0 Å². The van der Waals surface area contributed by atoms with E-state index in [1.165, 1.54) is 44.9 Å². The predicted molar refractivity (Wildman–Crippen MR) is 81.2 cm³/mol. The van der Waals surface area contributed by atoms with E-state index in [0.29, 0.717) is 17.5 Å². The third-order valence-electron chi connectivity index (χ3n) is 5.87. The molecule has 19 heavy (non-hydrogen) atoms. The molecule has 0 radical (unpaired) electrons. The zero-order chi connectivity index (χ0) is 14.0. The second kappa shape index (κ2) is 6.13. The van der Waals surface area contributed by atoms with Crippen LogP contribution in [0.5, 0.6) is 0 Å². The molecule has 0 aromatic heterocycles. The van der Waals surface area contributed by atoms with Crippen LogP contribution < -0.4 is 0 Å². The molecule has 2 rings (SSSR count). The first kappa shape index (κ1) is 15.3. The number of rotatable bonds is 3. The van der Waals surface area contributed by atoms with E-state index >= 15 is 0 Å². The third-order valence-corrected chi connectivity index (χ3v) is 5.87. The molecule has 2 heteroatoms. The molecular formula is C17H33NO. The first-order valence-corrected chi connectivity index (χ1v) is 8.33. The van der Waals surface area contributed by atoms with Gasteiger partial charge in [-0.1, -0.05) is 27.2 Å². The lowest BCUT2D eigenvalue weighted by Crippen LogP contribution is -2.51. The molecule has 0 bridgehead atoms. The number of nitrogens with zero attached hydrogens (tertiary/aromatic N) is 1. The molecule has 112 valence electrons. The Bertz CT molecular complexity index is 279. The molecular weight excluding hydrogens is 234 g/mol. The van der Waals surface area contributed by atoms with Crippen molar-refractivity contribution in [1.82, 2.24) is 4.90 Å². The van der Waals surface area contributed by atoms with Crippen LogP contribution in [-0.2, 0) is 0 Å². The van der Waals surface area contributed by atoms with Crippen molar-refractivity contribution in [2.24, 2.45) is 11.3 Å². The van der Waals surface area contributed by atoms with Crippen LogP contribution in [0.4, 0.5) is 0 Å². The summed E-state index contributed by atoms with van der Waals surface area (Å²) in [6.07, 6.45) is 9.90. The first-order chi connectivity index (χ1) is 8.93. The van der Waals surface area contributed by atoms with Gasteiger partial charge in [-0.2, -0.15) is 0 Å². The highest BCUT2D eigenvalue weighted by Gasteiger charge is 2.36. The average molecular weight is 267 g/mol. The van der Waals surface area contributed by atoms with Crippen molar-refractivity contribution < 1.29 is 5.11 Å². The summed E-state index contributed by atoms with van der Waals surface area (Å²) < 4.78 is 0. The van der Waals surface area contributed by atoms with E-state index in [0.717, 1.165) is 12.3 Å². The standard InChI is InChI=1S/C17H33NO/c1-5-13-6-7-16(19)15(12-13)18(4)14-8-10-17(2,3)11-9-14/h13-16,19H,5-12H2,1-4H3. The first-order valence-electron chi connectivity index (χ1n) is 8.33. The lowest BCUT2D eigenvalue weighted by Gasteiger charge is -2.45. The summed E-state index contributed by atoms with van der Waals surface area (Å²) >= 11 is 0. The average Bonchev–Trinajstić information content (AvgIpc) is 2.38. The molecule has 1 N–H and O–H groups in total. The highest BCUT2D eigenvalue weighted by atomic mass is 16.3. The molecule has 2 aliphatic carbocycles. The summed E-state index contributed by atoms with van der Waals surface area (Å²) in [5.74, 6) is 0.830. The zero-order valence-electron chi connectivity index (χ0n) is 13.4. The Morgan fingerprint density at radius 2 is 1.74 bits per heavy atom. The Balaban J connectivity index is 1.93. The molecule has 0 aromatic carbocycles. The second-order valence-corrected chi connectivity index (χ2v) is 7.78. The molecule has 3 atom stereocenters. The minimum Gasteiger partial charge on any atom is -0.391 e. The van der Waals surface area contributed by atoms with Crippen LogP contribution >= 0.6 is 0 Å². The third kappa shape index (κ3) is 3.72. The SMILES string of the molecule is CCC1CCC(O)C(N(C)C2CCC(C)(C)CC2)C1. The van der Waals surface area contributed by atoms with Gasteiger partial charge in [-0.3, -0.25) is 4.90 Å². The number of aliphatic hydroxyl groups excluding tert-OH is 1.